The summed E-state index contributed by atoms with van der Waals surface area (Å²) in [5.41, 5.74) is 9.55. The first-order valence-electron chi connectivity index (χ1n) is 9.32. The standard InChI is InChI=1S/C21H27N5O2/c1-6-15-10-16(7-8-19(15)25(4)5)28-20-17-9-13(2)26(21(27)14(3)22)11-18(17)23-12-24-20/h6-8,10,12-14H,1,9,11,22H2,2-5H3/t13-,14?/m0/s1. The van der Waals surface area contributed by atoms with Gasteiger partial charge in [0.25, 0.3) is 0 Å². The van der Waals surface area contributed by atoms with Crippen LogP contribution in [0.2, 0.25) is 0 Å². The highest BCUT2D eigenvalue weighted by Gasteiger charge is 2.31. The molecule has 1 aliphatic heterocycles. The minimum atomic E-state index is -0.533. The van der Waals surface area contributed by atoms with Crippen LogP contribution < -0.4 is 15.4 Å². The number of benzene rings is 1. The molecule has 1 aromatic carbocycles. The number of anilines is 1. The minimum absolute atomic E-state index is 0.000738. The van der Waals surface area contributed by atoms with Gasteiger partial charge >= 0.3 is 0 Å². The molecule has 1 amide bonds. The molecular weight excluding hydrogens is 354 g/mol. The van der Waals surface area contributed by atoms with Gasteiger partial charge in [-0.1, -0.05) is 12.7 Å². The summed E-state index contributed by atoms with van der Waals surface area (Å²) in [7, 11) is 3.97. The summed E-state index contributed by atoms with van der Waals surface area (Å²) in [6.45, 7) is 8.00. The van der Waals surface area contributed by atoms with Gasteiger partial charge in [-0.2, -0.15) is 0 Å². The maximum atomic E-state index is 12.4. The second-order valence-electron chi connectivity index (χ2n) is 7.33. The SMILES string of the molecule is C=Cc1cc(Oc2ncnc3c2C[C@H](C)N(C(=O)C(C)N)C3)ccc1N(C)C. The fourth-order valence-electron chi connectivity index (χ4n) is 3.42. The molecule has 2 atom stereocenters. The summed E-state index contributed by atoms with van der Waals surface area (Å²) in [6.07, 6.45) is 3.90. The largest absolute Gasteiger partial charge is 0.439 e. The average Bonchev–Trinajstić information content (AvgIpc) is 2.67. The fourth-order valence-corrected chi connectivity index (χ4v) is 3.42. The third kappa shape index (κ3) is 3.84. The molecule has 148 valence electrons. The molecule has 1 aliphatic rings. The van der Waals surface area contributed by atoms with Crippen LogP contribution in [0.3, 0.4) is 0 Å². The van der Waals surface area contributed by atoms with Gasteiger partial charge in [-0.05, 0) is 38.5 Å². The maximum Gasteiger partial charge on any atom is 0.239 e. The minimum Gasteiger partial charge on any atom is -0.439 e. The van der Waals surface area contributed by atoms with Crippen LogP contribution in [0.25, 0.3) is 6.08 Å². The van der Waals surface area contributed by atoms with Crippen molar-refractivity contribution in [3.63, 3.8) is 0 Å². The molecule has 0 saturated heterocycles. The van der Waals surface area contributed by atoms with Crippen molar-refractivity contribution in [1.82, 2.24) is 14.9 Å². The van der Waals surface area contributed by atoms with Crippen LogP contribution in [0.15, 0.2) is 31.1 Å². The lowest BCUT2D eigenvalue weighted by Gasteiger charge is -2.35. The summed E-state index contributed by atoms with van der Waals surface area (Å²) >= 11 is 0. The van der Waals surface area contributed by atoms with Crippen molar-refractivity contribution in [1.29, 1.82) is 0 Å². The lowest BCUT2D eigenvalue weighted by atomic mass is 9.99. The molecule has 0 aliphatic carbocycles. The zero-order valence-corrected chi connectivity index (χ0v) is 16.8. The number of hydrogen-bond acceptors (Lipinski definition) is 6. The number of ether oxygens (including phenoxy) is 1. The number of rotatable bonds is 5. The van der Waals surface area contributed by atoms with Gasteiger partial charge in [-0.25, -0.2) is 9.97 Å². The summed E-state index contributed by atoms with van der Waals surface area (Å²) in [6, 6.07) is 5.31. The van der Waals surface area contributed by atoms with Crippen molar-refractivity contribution in [2.45, 2.75) is 38.9 Å². The van der Waals surface area contributed by atoms with Gasteiger partial charge in [0, 0.05) is 37.0 Å². The number of aromatic nitrogens is 2. The normalized spacial score (nSPS) is 16.9. The van der Waals surface area contributed by atoms with E-state index in [9.17, 15) is 4.79 Å². The van der Waals surface area contributed by atoms with Crippen molar-refractivity contribution in [2.75, 3.05) is 19.0 Å². The highest BCUT2D eigenvalue weighted by Crippen LogP contribution is 2.33. The number of carbonyl (C=O) groups is 1. The van der Waals surface area contributed by atoms with Crippen molar-refractivity contribution < 1.29 is 9.53 Å². The first kappa shape index (κ1) is 19.8. The van der Waals surface area contributed by atoms with Crippen LogP contribution in [0, 0.1) is 0 Å². The van der Waals surface area contributed by atoms with Crippen molar-refractivity contribution in [3.8, 4) is 11.6 Å². The van der Waals surface area contributed by atoms with E-state index in [1.54, 1.807) is 17.9 Å². The first-order chi connectivity index (χ1) is 13.3. The zero-order chi connectivity index (χ0) is 20.4. The van der Waals surface area contributed by atoms with Crippen LogP contribution in [0.4, 0.5) is 5.69 Å². The second-order valence-corrected chi connectivity index (χ2v) is 7.33. The fraction of sp³-hybridized carbons (Fsp3) is 0.381. The van der Waals surface area contributed by atoms with E-state index in [1.807, 2.05) is 44.1 Å². The van der Waals surface area contributed by atoms with Crippen LogP contribution in [0.1, 0.15) is 30.7 Å². The van der Waals surface area contributed by atoms with E-state index in [4.69, 9.17) is 10.5 Å². The third-order valence-electron chi connectivity index (χ3n) is 4.93. The van der Waals surface area contributed by atoms with Gasteiger partial charge in [0.15, 0.2) is 0 Å². The van der Waals surface area contributed by atoms with Crippen molar-refractivity contribution in [3.05, 3.63) is 47.9 Å². The maximum absolute atomic E-state index is 12.4. The van der Waals surface area contributed by atoms with Gasteiger partial charge in [0.2, 0.25) is 11.8 Å². The molecule has 0 spiro atoms. The van der Waals surface area contributed by atoms with E-state index >= 15 is 0 Å². The summed E-state index contributed by atoms with van der Waals surface area (Å²) < 4.78 is 6.10. The van der Waals surface area contributed by atoms with Gasteiger partial charge in [-0.15, -0.1) is 0 Å². The Bertz CT molecular complexity index is 894. The molecule has 28 heavy (non-hydrogen) atoms. The highest BCUT2D eigenvalue weighted by molar-refractivity contribution is 5.81. The molecule has 3 rings (SSSR count). The van der Waals surface area contributed by atoms with Crippen LogP contribution in [-0.2, 0) is 17.8 Å². The molecule has 0 saturated carbocycles. The predicted octanol–water partition coefficient (Wildman–Crippen LogP) is 2.60. The Morgan fingerprint density at radius 2 is 2.18 bits per heavy atom. The van der Waals surface area contributed by atoms with Gasteiger partial charge in [0.1, 0.15) is 12.1 Å². The van der Waals surface area contributed by atoms with E-state index in [0.717, 1.165) is 22.5 Å². The lowest BCUT2D eigenvalue weighted by molar-refractivity contribution is -0.135. The van der Waals surface area contributed by atoms with E-state index < -0.39 is 6.04 Å². The number of nitrogens with two attached hydrogens (primary N) is 1. The number of nitrogens with zero attached hydrogens (tertiary/aromatic N) is 4. The molecule has 2 heterocycles. The van der Waals surface area contributed by atoms with Gasteiger partial charge in [0.05, 0.1) is 18.3 Å². The summed E-state index contributed by atoms with van der Waals surface area (Å²) in [5.74, 6) is 1.13. The van der Waals surface area contributed by atoms with Crippen molar-refractivity contribution >= 4 is 17.7 Å². The highest BCUT2D eigenvalue weighted by atomic mass is 16.5. The molecule has 2 aromatic rings. The number of carbonyl (C=O) groups excluding carboxylic acids is 1. The van der Waals surface area contributed by atoms with Crippen molar-refractivity contribution in [2.24, 2.45) is 5.73 Å². The Morgan fingerprint density at radius 1 is 1.43 bits per heavy atom. The van der Waals surface area contributed by atoms with E-state index in [1.165, 1.54) is 6.33 Å². The lowest BCUT2D eigenvalue weighted by Crippen LogP contribution is -2.49. The molecule has 7 heteroatoms. The molecule has 1 unspecified atom stereocenters. The predicted molar refractivity (Wildman–Crippen MR) is 110 cm³/mol. The average molecular weight is 381 g/mol. The van der Waals surface area contributed by atoms with E-state index in [-0.39, 0.29) is 11.9 Å². The Morgan fingerprint density at radius 3 is 2.82 bits per heavy atom. The molecule has 0 bridgehead atoms. The Hall–Kier alpha value is -2.93. The molecule has 0 radical (unpaired) electrons. The first-order valence-corrected chi connectivity index (χ1v) is 9.32. The Balaban J connectivity index is 1.89. The third-order valence-corrected chi connectivity index (χ3v) is 4.93. The van der Waals surface area contributed by atoms with Gasteiger partial charge < -0.3 is 20.3 Å². The molecule has 2 N–H and O–H groups in total. The quantitative estimate of drug-likeness (QED) is 0.857. The Labute approximate surface area is 165 Å². The van der Waals surface area contributed by atoms with Crippen LogP contribution >= 0.6 is 0 Å². The molecular formula is C21H27N5O2. The van der Waals surface area contributed by atoms with E-state index in [2.05, 4.69) is 16.5 Å². The second kappa shape index (κ2) is 7.98. The van der Waals surface area contributed by atoms with Crippen LogP contribution in [-0.4, -0.2) is 47.0 Å². The molecule has 1 aromatic heterocycles. The van der Waals surface area contributed by atoms with E-state index in [0.29, 0.717) is 24.6 Å². The Kier molecular flexibility index (Phi) is 5.65. The smallest absolute Gasteiger partial charge is 0.239 e. The van der Waals surface area contributed by atoms with Crippen LogP contribution in [0.5, 0.6) is 11.6 Å². The zero-order valence-electron chi connectivity index (χ0n) is 16.8. The summed E-state index contributed by atoms with van der Waals surface area (Å²) in [5, 5.41) is 0. The topological polar surface area (TPSA) is 84.6 Å². The number of fused-ring (bicyclic) bond motifs is 1. The van der Waals surface area contributed by atoms with Gasteiger partial charge in [-0.3, -0.25) is 4.79 Å². The number of hydrogen-bond donors (Lipinski definition) is 1. The molecule has 0 fully saturated rings. The monoisotopic (exact) mass is 381 g/mol. The number of amides is 1. The summed E-state index contributed by atoms with van der Waals surface area (Å²) in [4.78, 5) is 24.9. The molecule has 7 nitrogen and oxygen atoms in total.